The van der Waals surface area contributed by atoms with Crippen LogP contribution in [0.1, 0.15) is 27.6 Å². The molecule has 3 aromatic carbocycles. The minimum atomic E-state index is -0.867. The summed E-state index contributed by atoms with van der Waals surface area (Å²) in [4.78, 5) is 37.7. The third kappa shape index (κ3) is 5.18. The standard InChI is InChI=1S/C26H23N5O3/c1-18(27-25(33)20-13-7-3-8-14-20)24(32)28-29-26(34)22-17-31(21-15-9-4-10-16-21)30-23(22)19-11-5-2-6-12-19/h2-18H,1H3,(H,27,33)(H,28,32)(H,29,34)/t18-/m0/s1. The second-order valence-electron chi connectivity index (χ2n) is 7.54. The molecule has 0 aliphatic heterocycles. The topological polar surface area (TPSA) is 105 Å². The van der Waals surface area contributed by atoms with Gasteiger partial charge in [0.05, 0.1) is 11.3 Å². The minimum absolute atomic E-state index is 0.288. The molecule has 0 aliphatic rings. The number of nitrogens with one attached hydrogen (secondary N) is 3. The van der Waals surface area contributed by atoms with Crippen molar-refractivity contribution in [2.45, 2.75) is 13.0 Å². The Balaban J connectivity index is 1.47. The van der Waals surface area contributed by atoms with Crippen molar-refractivity contribution in [2.24, 2.45) is 0 Å². The molecule has 0 bridgehead atoms. The summed E-state index contributed by atoms with van der Waals surface area (Å²) >= 11 is 0. The first-order chi connectivity index (χ1) is 16.5. The van der Waals surface area contributed by atoms with Gasteiger partial charge in [0.25, 0.3) is 17.7 Å². The molecule has 0 unspecified atom stereocenters. The number of hydrogen-bond donors (Lipinski definition) is 3. The lowest BCUT2D eigenvalue weighted by molar-refractivity contribution is -0.123. The second kappa shape index (κ2) is 10.3. The molecule has 1 heterocycles. The van der Waals surface area contributed by atoms with Crippen LogP contribution in [0.3, 0.4) is 0 Å². The Morgan fingerprint density at radius 1 is 0.765 bits per heavy atom. The summed E-state index contributed by atoms with van der Waals surface area (Å²) in [5.74, 6) is -1.48. The lowest BCUT2D eigenvalue weighted by atomic mass is 10.1. The molecule has 0 spiro atoms. The van der Waals surface area contributed by atoms with Crippen molar-refractivity contribution in [1.29, 1.82) is 0 Å². The van der Waals surface area contributed by atoms with Gasteiger partial charge in [-0.1, -0.05) is 66.7 Å². The molecule has 0 radical (unpaired) electrons. The molecule has 1 aromatic heterocycles. The first kappa shape index (κ1) is 22.5. The molecule has 0 saturated carbocycles. The SMILES string of the molecule is C[C@H](NC(=O)c1ccccc1)C(=O)NNC(=O)c1cn(-c2ccccc2)nc1-c1ccccc1. The van der Waals surface area contributed by atoms with Crippen LogP contribution in [0.2, 0.25) is 0 Å². The van der Waals surface area contributed by atoms with E-state index in [0.29, 0.717) is 11.3 Å². The molecular formula is C26H23N5O3. The van der Waals surface area contributed by atoms with Crippen molar-refractivity contribution in [3.8, 4) is 16.9 Å². The number of nitrogens with zero attached hydrogens (tertiary/aromatic N) is 2. The van der Waals surface area contributed by atoms with Gasteiger partial charge in [-0.15, -0.1) is 0 Å². The Bertz CT molecular complexity index is 1290. The van der Waals surface area contributed by atoms with Crippen molar-refractivity contribution in [1.82, 2.24) is 25.9 Å². The lowest BCUT2D eigenvalue weighted by Gasteiger charge is -2.14. The number of carbonyl (C=O) groups is 3. The quantitative estimate of drug-likeness (QED) is 0.390. The van der Waals surface area contributed by atoms with Crippen LogP contribution in [-0.2, 0) is 4.79 Å². The van der Waals surface area contributed by atoms with Gasteiger partial charge in [-0.3, -0.25) is 25.2 Å². The summed E-state index contributed by atoms with van der Waals surface area (Å²) in [6.45, 7) is 1.53. The third-order valence-electron chi connectivity index (χ3n) is 5.10. The van der Waals surface area contributed by atoms with Crippen LogP contribution in [0, 0.1) is 0 Å². The maximum atomic E-state index is 13.0. The fourth-order valence-corrected chi connectivity index (χ4v) is 3.29. The van der Waals surface area contributed by atoms with Crippen molar-refractivity contribution in [3.05, 3.63) is 108 Å². The van der Waals surface area contributed by atoms with Crippen LogP contribution in [0.15, 0.2) is 97.2 Å². The number of aromatic nitrogens is 2. The Morgan fingerprint density at radius 3 is 2.00 bits per heavy atom. The number of rotatable bonds is 6. The van der Waals surface area contributed by atoms with Gasteiger partial charge in [-0.25, -0.2) is 4.68 Å². The van der Waals surface area contributed by atoms with Gasteiger partial charge in [-0.2, -0.15) is 5.10 Å². The van der Waals surface area contributed by atoms with Gasteiger partial charge >= 0.3 is 0 Å². The molecule has 1 atom stereocenters. The highest BCUT2D eigenvalue weighted by Gasteiger charge is 2.21. The molecule has 0 saturated heterocycles. The fourth-order valence-electron chi connectivity index (χ4n) is 3.29. The van der Waals surface area contributed by atoms with Gasteiger partial charge in [0.1, 0.15) is 11.7 Å². The fraction of sp³-hybridized carbons (Fsp3) is 0.0769. The maximum absolute atomic E-state index is 13.0. The Kier molecular flexibility index (Phi) is 6.78. The van der Waals surface area contributed by atoms with Crippen LogP contribution >= 0.6 is 0 Å². The van der Waals surface area contributed by atoms with Crippen LogP contribution < -0.4 is 16.2 Å². The average Bonchev–Trinajstić information content (AvgIpc) is 3.34. The normalized spacial score (nSPS) is 11.3. The summed E-state index contributed by atoms with van der Waals surface area (Å²) in [6, 6.07) is 26.4. The van der Waals surface area contributed by atoms with Crippen molar-refractivity contribution < 1.29 is 14.4 Å². The van der Waals surface area contributed by atoms with E-state index in [1.807, 2.05) is 60.7 Å². The monoisotopic (exact) mass is 453 g/mol. The van der Waals surface area contributed by atoms with Crippen LogP contribution in [-0.4, -0.2) is 33.5 Å². The van der Waals surface area contributed by atoms with Gasteiger partial charge in [0.15, 0.2) is 0 Å². The smallest absolute Gasteiger partial charge is 0.273 e. The number of para-hydroxylation sites is 1. The van der Waals surface area contributed by atoms with E-state index < -0.39 is 17.9 Å². The number of hydrogen-bond acceptors (Lipinski definition) is 4. The van der Waals surface area contributed by atoms with Gasteiger partial charge < -0.3 is 5.32 Å². The molecule has 8 nitrogen and oxygen atoms in total. The number of amides is 3. The highest BCUT2D eigenvalue weighted by Crippen LogP contribution is 2.23. The van der Waals surface area contributed by atoms with Crippen molar-refractivity contribution >= 4 is 17.7 Å². The van der Waals surface area contributed by atoms with E-state index in [2.05, 4.69) is 21.3 Å². The summed E-state index contributed by atoms with van der Waals surface area (Å²) in [6.07, 6.45) is 1.61. The third-order valence-corrected chi connectivity index (χ3v) is 5.10. The summed E-state index contributed by atoms with van der Waals surface area (Å²) in [5.41, 5.74) is 7.55. The van der Waals surface area contributed by atoms with Crippen molar-refractivity contribution in [2.75, 3.05) is 0 Å². The summed E-state index contributed by atoms with van der Waals surface area (Å²) < 4.78 is 1.61. The van der Waals surface area contributed by atoms with Crippen LogP contribution in [0.5, 0.6) is 0 Å². The predicted octanol–water partition coefficient (Wildman–Crippen LogP) is 3.12. The van der Waals surface area contributed by atoms with Gasteiger partial charge in [0.2, 0.25) is 0 Å². The highest BCUT2D eigenvalue weighted by atomic mass is 16.2. The highest BCUT2D eigenvalue weighted by molar-refractivity contribution is 6.01. The Labute approximate surface area is 196 Å². The largest absolute Gasteiger partial charge is 0.340 e. The number of hydrazine groups is 1. The molecule has 0 aliphatic carbocycles. The van der Waals surface area contributed by atoms with Gasteiger partial charge in [-0.05, 0) is 31.2 Å². The minimum Gasteiger partial charge on any atom is -0.340 e. The van der Waals surface area contributed by atoms with Crippen LogP contribution in [0.25, 0.3) is 16.9 Å². The average molecular weight is 454 g/mol. The molecule has 3 N–H and O–H groups in total. The van der Waals surface area contributed by atoms with E-state index in [4.69, 9.17) is 0 Å². The number of benzene rings is 3. The molecule has 4 aromatic rings. The second-order valence-corrected chi connectivity index (χ2v) is 7.54. The zero-order valence-corrected chi connectivity index (χ0v) is 18.4. The predicted molar refractivity (Wildman–Crippen MR) is 128 cm³/mol. The van der Waals surface area contributed by atoms with Crippen LogP contribution in [0.4, 0.5) is 0 Å². The van der Waals surface area contributed by atoms with Gasteiger partial charge in [0, 0.05) is 17.3 Å². The Morgan fingerprint density at radius 2 is 1.35 bits per heavy atom. The molecule has 4 rings (SSSR count). The molecular weight excluding hydrogens is 430 g/mol. The first-order valence-corrected chi connectivity index (χ1v) is 10.7. The number of carbonyl (C=O) groups excluding carboxylic acids is 3. The van der Waals surface area contributed by atoms with E-state index in [1.54, 1.807) is 41.2 Å². The summed E-state index contributed by atoms with van der Waals surface area (Å²) in [5, 5.41) is 7.20. The van der Waals surface area contributed by atoms with E-state index in [0.717, 1.165) is 11.3 Å². The molecule has 34 heavy (non-hydrogen) atoms. The van der Waals surface area contributed by atoms with Crippen molar-refractivity contribution in [3.63, 3.8) is 0 Å². The maximum Gasteiger partial charge on any atom is 0.273 e. The molecule has 3 amide bonds. The Hall–Kier alpha value is -4.72. The summed E-state index contributed by atoms with van der Waals surface area (Å²) in [7, 11) is 0. The molecule has 8 heteroatoms. The first-order valence-electron chi connectivity index (χ1n) is 10.7. The zero-order chi connectivity index (χ0) is 23.9. The zero-order valence-electron chi connectivity index (χ0n) is 18.4. The van der Waals surface area contributed by atoms with E-state index in [9.17, 15) is 14.4 Å². The van der Waals surface area contributed by atoms with E-state index >= 15 is 0 Å². The molecule has 0 fully saturated rings. The van der Waals surface area contributed by atoms with E-state index in [1.165, 1.54) is 6.92 Å². The molecule has 170 valence electrons. The van der Waals surface area contributed by atoms with E-state index in [-0.39, 0.29) is 11.5 Å². The lowest BCUT2D eigenvalue weighted by Crippen LogP contribution is -2.51.